The summed E-state index contributed by atoms with van der Waals surface area (Å²) in [5.74, 6) is -0.128. The quantitative estimate of drug-likeness (QED) is 0.257. The smallest absolute Gasteiger partial charge is 0.378 e. The second-order valence-electron chi connectivity index (χ2n) is 6.58. The lowest BCUT2D eigenvalue weighted by atomic mass is 9.90. The van der Waals surface area contributed by atoms with Gasteiger partial charge in [0.25, 0.3) is 0 Å². The molecule has 28 heavy (non-hydrogen) atoms. The highest BCUT2D eigenvalue weighted by Gasteiger charge is 2.62. The van der Waals surface area contributed by atoms with Crippen molar-refractivity contribution in [3.05, 3.63) is 48.0 Å². The average Bonchev–Trinajstić information content (AvgIpc) is 3.06. The Kier molecular flexibility index (Phi) is 7.17. The first-order valence-corrected chi connectivity index (χ1v) is 11.2. The van der Waals surface area contributed by atoms with Gasteiger partial charge in [0.2, 0.25) is 5.91 Å². The Labute approximate surface area is 179 Å². The zero-order valence-corrected chi connectivity index (χ0v) is 17.5. The fraction of sp³-hybridized carbons (Fsp3) is 0.421. The Hall–Kier alpha value is -1.38. The van der Waals surface area contributed by atoms with Crippen LogP contribution in [0.3, 0.4) is 0 Å². The molecule has 1 aromatic rings. The SMILES string of the molecule is [B]OC(=O)[C@@]1(SC/C=C/CCl)CN2C(=O)[C@@H](CC(=O)Cc3ccccc3)[C@H]2S1. The number of carbonyl (C=O) groups excluding carboxylic acids is 3. The van der Waals surface area contributed by atoms with Crippen molar-refractivity contribution in [1.82, 2.24) is 4.90 Å². The third kappa shape index (κ3) is 4.44. The number of halogens is 1. The predicted molar refractivity (Wildman–Crippen MR) is 113 cm³/mol. The van der Waals surface area contributed by atoms with Crippen LogP contribution in [0.2, 0.25) is 0 Å². The lowest BCUT2D eigenvalue weighted by Crippen LogP contribution is -2.57. The summed E-state index contributed by atoms with van der Waals surface area (Å²) in [6.45, 7) is 0.222. The Morgan fingerprint density at radius 1 is 1.36 bits per heavy atom. The van der Waals surface area contributed by atoms with Gasteiger partial charge in [-0.2, -0.15) is 0 Å². The van der Waals surface area contributed by atoms with E-state index in [4.69, 9.17) is 19.7 Å². The average molecular weight is 436 g/mol. The van der Waals surface area contributed by atoms with Gasteiger partial charge in [0.15, 0.2) is 4.08 Å². The lowest BCUT2D eigenvalue weighted by Gasteiger charge is -2.41. The van der Waals surface area contributed by atoms with E-state index in [1.54, 1.807) is 11.0 Å². The van der Waals surface area contributed by atoms with Crippen molar-refractivity contribution in [1.29, 1.82) is 0 Å². The lowest BCUT2D eigenvalue weighted by molar-refractivity contribution is -0.152. The Bertz CT molecular complexity index is 778. The second-order valence-corrected chi connectivity index (χ2v) is 9.88. The predicted octanol–water partition coefficient (Wildman–Crippen LogP) is 2.57. The van der Waals surface area contributed by atoms with E-state index in [0.29, 0.717) is 18.1 Å². The third-order valence-electron chi connectivity index (χ3n) is 4.72. The van der Waals surface area contributed by atoms with Crippen LogP contribution in [0, 0.1) is 5.92 Å². The van der Waals surface area contributed by atoms with Gasteiger partial charge in [-0.15, -0.1) is 35.1 Å². The van der Waals surface area contributed by atoms with E-state index in [-0.39, 0.29) is 30.0 Å². The minimum atomic E-state index is -0.983. The molecule has 2 heterocycles. The number of Topliss-reactive ketones (excluding diaryl/α,β-unsaturated/α-hetero) is 1. The fourth-order valence-corrected chi connectivity index (χ4v) is 6.58. The van der Waals surface area contributed by atoms with Crippen LogP contribution in [-0.2, 0) is 25.5 Å². The van der Waals surface area contributed by atoms with Crippen LogP contribution in [-0.4, -0.2) is 58.2 Å². The summed E-state index contributed by atoms with van der Waals surface area (Å²) in [7, 11) is 5.14. The van der Waals surface area contributed by atoms with Gasteiger partial charge in [-0.05, 0) is 5.56 Å². The molecule has 2 radical (unpaired) electrons. The molecule has 0 bridgehead atoms. The normalized spacial score (nSPS) is 26.2. The summed E-state index contributed by atoms with van der Waals surface area (Å²) in [5.41, 5.74) is 0.929. The van der Waals surface area contributed by atoms with Gasteiger partial charge >= 0.3 is 14.0 Å². The minimum Gasteiger partial charge on any atom is -0.542 e. The highest BCUT2D eigenvalue weighted by molar-refractivity contribution is 8.20. The zero-order valence-electron chi connectivity index (χ0n) is 15.1. The van der Waals surface area contributed by atoms with Crippen LogP contribution >= 0.6 is 35.1 Å². The molecule has 9 heteroatoms. The van der Waals surface area contributed by atoms with Crippen molar-refractivity contribution >= 4 is 60.8 Å². The largest absolute Gasteiger partial charge is 0.542 e. The number of hydrogen-bond donors (Lipinski definition) is 0. The van der Waals surface area contributed by atoms with Crippen molar-refractivity contribution in [2.24, 2.45) is 5.92 Å². The zero-order chi connectivity index (χ0) is 20.1. The molecular weight excluding hydrogens is 417 g/mol. The molecule has 5 nitrogen and oxygen atoms in total. The minimum absolute atomic E-state index is 0.0152. The van der Waals surface area contributed by atoms with Crippen LogP contribution < -0.4 is 0 Å². The van der Waals surface area contributed by atoms with Crippen molar-refractivity contribution in [3.8, 4) is 0 Å². The van der Waals surface area contributed by atoms with Crippen LogP contribution in [0.15, 0.2) is 42.5 Å². The second kappa shape index (κ2) is 9.42. The number of allylic oxidation sites excluding steroid dienone is 1. The van der Waals surface area contributed by atoms with E-state index in [1.165, 1.54) is 23.5 Å². The summed E-state index contributed by atoms with van der Waals surface area (Å²) < 4.78 is 3.53. The molecule has 2 aliphatic heterocycles. The summed E-state index contributed by atoms with van der Waals surface area (Å²) in [6, 6.07) is 9.45. The van der Waals surface area contributed by atoms with Crippen molar-refractivity contribution < 1.29 is 19.0 Å². The van der Waals surface area contributed by atoms with E-state index in [2.05, 4.69) is 4.65 Å². The topological polar surface area (TPSA) is 63.7 Å². The summed E-state index contributed by atoms with van der Waals surface area (Å²) in [4.78, 5) is 39.0. The first-order chi connectivity index (χ1) is 13.5. The first kappa shape index (κ1) is 21.3. The molecule has 0 N–H and O–H groups in total. The maximum atomic E-state index is 12.5. The maximum absolute atomic E-state index is 12.5. The standard InChI is InChI=1S/C19H19BClNO4S2/c20-26-18(25)19(27-9-5-4-8-21)12-22-16(24)15(17(22)28-19)11-14(23)10-13-6-2-1-3-7-13/h1-7,15,17H,8-12H2/b5-4+/t15-,17-,19-/m1/s1. The highest BCUT2D eigenvalue weighted by Crippen LogP contribution is 2.55. The highest BCUT2D eigenvalue weighted by atomic mass is 35.5. The van der Waals surface area contributed by atoms with Crippen LogP contribution in [0.1, 0.15) is 12.0 Å². The van der Waals surface area contributed by atoms with Gasteiger partial charge in [0.1, 0.15) is 5.78 Å². The van der Waals surface area contributed by atoms with Gasteiger partial charge in [0.05, 0.1) is 17.8 Å². The molecule has 3 atom stereocenters. The molecule has 0 aromatic heterocycles. The Balaban J connectivity index is 1.64. The molecule has 2 saturated heterocycles. The number of hydrogen-bond acceptors (Lipinski definition) is 6. The number of fused-ring (bicyclic) bond motifs is 1. The summed E-state index contributed by atoms with van der Waals surface area (Å²) in [6.07, 6.45) is 4.13. The maximum Gasteiger partial charge on any atom is 0.378 e. The number of alkyl halides is 1. The number of nitrogens with zero attached hydrogens (tertiary/aromatic N) is 1. The number of thioether (sulfide) groups is 2. The van der Waals surface area contributed by atoms with Crippen molar-refractivity contribution in [2.75, 3.05) is 18.2 Å². The van der Waals surface area contributed by atoms with Crippen LogP contribution in [0.25, 0.3) is 0 Å². The molecule has 0 saturated carbocycles. The number of carbonyl (C=O) groups is 3. The number of ketones is 1. The van der Waals surface area contributed by atoms with E-state index >= 15 is 0 Å². The van der Waals surface area contributed by atoms with Gasteiger partial charge in [-0.1, -0.05) is 42.5 Å². The number of rotatable bonds is 9. The molecule has 0 spiro atoms. The summed E-state index contributed by atoms with van der Waals surface area (Å²) >= 11 is 8.34. The molecule has 2 aliphatic rings. The molecule has 2 fully saturated rings. The fourth-order valence-electron chi connectivity index (χ4n) is 3.35. The van der Waals surface area contributed by atoms with E-state index in [9.17, 15) is 14.4 Å². The van der Waals surface area contributed by atoms with Crippen molar-refractivity contribution in [2.45, 2.75) is 22.3 Å². The van der Waals surface area contributed by atoms with Gasteiger partial charge < -0.3 is 9.55 Å². The van der Waals surface area contributed by atoms with Crippen molar-refractivity contribution in [3.63, 3.8) is 0 Å². The molecule has 0 unspecified atom stereocenters. The molecule has 0 aliphatic carbocycles. The molecule has 3 rings (SSSR count). The molecule has 146 valence electrons. The van der Waals surface area contributed by atoms with Crippen LogP contribution in [0.4, 0.5) is 0 Å². The third-order valence-corrected chi connectivity index (χ3v) is 8.16. The first-order valence-electron chi connectivity index (χ1n) is 8.81. The van der Waals surface area contributed by atoms with Crippen LogP contribution in [0.5, 0.6) is 0 Å². The monoisotopic (exact) mass is 435 g/mol. The van der Waals surface area contributed by atoms with Gasteiger partial charge in [0, 0.05) is 24.5 Å². The number of benzene rings is 1. The molecule has 1 aromatic carbocycles. The number of amides is 1. The van der Waals surface area contributed by atoms with E-state index in [0.717, 1.165) is 5.56 Å². The summed E-state index contributed by atoms with van der Waals surface area (Å²) in [5, 5.41) is -0.212. The van der Waals surface area contributed by atoms with E-state index < -0.39 is 16.0 Å². The van der Waals surface area contributed by atoms with Gasteiger partial charge in [-0.25, -0.2) is 0 Å². The van der Waals surface area contributed by atoms with Gasteiger partial charge in [-0.3, -0.25) is 14.4 Å². The molecular formula is C19H19BClNO4S2. The Morgan fingerprint density at radius 3 is 2.79 bits per heavy atom. The number of β-lactam (4-membered cyclic amide) rings is 1. The Morgan fingerprint density at radius 2 is 2.11 bits per heavy atom. The molecule has 1 amide bonds. The van der Waals surface area contributed by atoms with E-state index in [1.807, 2.05) is 36.4 Å².